The maximum atomic E-state index is 12.4. The van der Waals surface area contributed by atoms with Crippen molar-refractivity contribution >= 4 is 17.7 Å². The first kappa shape index (κ1) is 19.0. The third-order valence-electron chi connectivity index (χ3n) is 5.61. The predicted molar refractivity (Wildman–Crippen MR) is 106 cm³/mol. The Morgan fingerprint density at radius 3 is 2.81 bits per heavy atom. The van der Waals surface area contributed by atoms with Gasteiger partial charge in [-0.05, 0) is 30.7 Å². The van der Waals surface area contributed by atoms with E-state index in [1.165, 1.54) is 24.6 Å². The average Bonchev–Trinajstić information content (AvgIpc) is 2.98. The molecule has 3 atom stereocenters. The van der Waals surface area contributed by atoms with Crippen molar-refractivity contribution in [2.24, 2.45) is 18.9 Å². The van der Waals surface area contributed by atoms with Gasteiger partial charge in [0.15, 0.2) is 11.0 Å². The van der Waals surface area contributed by atoms with E-state index in [2.05, 4.69) is 42.4 Å². The Hall–Kier alpha value is -1.82. The molecule has 1 aromatic heterocycles. The minimum absolute atomic E-state index is 0.0846. The number of amides is 1. The second-order valence-electron chi connectivity index (χ2n) is 7.41. The van der Waals surface area contributed by atoms with Crippen LogP contribution in [0.25, 0.3) is 11.4 Å². The fraction of sp³-hybridized carbons (Fsp3) is 0.550. The van der Waals surface area contributed by atoms with Gasteiger partial charge in [0.05, 0.1) is 5.75 Å². The molecule has 1 N–H and O–H groups in total. The van der Waals surface area contributed by atoms with Crippen molar-refractivity contribution in [3.8, 4) is 11.4 Å². The molecule has 0 saturated heterocycles. The second kappa shape index (κ2) is 8.25. The second-order valence-corrected chi connectivity index (χ2v) is 8.35. The van der Waals surface area contributed by atoms with Gasteiger partial charge in [-0.15, -0.1) is 10.2 Å². The summed E-state index contributed by atoms with van der Waals surface area (Å²) in [6.45, 7) is 6.60. The Bertz CT molecular complexity index is 773. The molecule has 1 aromatic carbocycles. The number of carbonyl (C=O) groups is 1. The summed E-state index contributed by atoms with van der Waals surface area (Å²) in [5.74, 6) is 2.51. The lowest BCUT2D eigenvalue weighted by Gasteiger charge is -2.34. The van der Waals surface area contributed by atoms with Crippen LogP contribution in [0, 0.1) is 18.8 Å². The minimum atomic E-state index is 0.0846. The Morgan fingerprint density at radius 1 is 1.27 bits per heavy atom. The number of hydrogen-bond donors (Lipinski definition) is 1. The summed E-state index contributed by atoms with van der Waals surface area (Å²) >= 11 is 1.44. The van der Waals surface area contributed by atoms with E-state index < -0.39 is 0 Å². The van der Waals surface area contributed by atoms with Gasteiger partial charge in [0.25, 0.3) is 0 Å². The van der Waals surface area contributed by atoms with Gasteiger partial charge >= 0.3 is 0 Å². The van der Waals surface area contributed by atoms with Gasteiger partial charge in [0.2, 0.25) is 5.91 Å². The Balaban J connectivity index is 1.60. The van der Waals surface area contributed by atoms with Gasteiger partial charge in [-0.1, -0.05) is 62.7 Å². The van der Waals surface area contributed by atoms with Crippen LogP contribution in [0.1, 0.15) is 38.7 Å². The van der Waals surface area contributed by atoms with Crippen LogP contribution in [-0.2, 0) is 11.8 Å². The molecule has 26 heavy (non-hydrogen) atoms. The summed E-state index contributed by atoms with van der Waals surface area (Å²) in [5.41, 5.74) is 2.24. The normalized spacial score (nSPS) is 23.0. The van der Waals surface area contributed by atoms with Crippen LogP contribution in [0.5, 0.6) is 0 Å². The number of aromatic nitrogens is 3. The Morgan fingerprint density at radius 2 is 2.04 bits per heavy atom. The van der Waals surface area contributed by atoms with Crippen molar-refractivity contribution in [2.45, 2.75) is 51.2 Å². The molecule has 1 aliphatic carbocycles. The molecule has 1 heterocycles. The van der Waals surface area contributed by atoms with Crippen molar-refractivity contribution in [2.75, 3.05) is 5.75 Å². The summed E-state index contributed by atoms with van der Waals surface area (Å²) in [6, 6.07) is 8.43. The monoisotopic (exact) mass is 372 g/mol. The van der Waals surface area contributed by atoms with Crippen LogP contribution in [0.15, 0.2) is 29.4 Å². The summed E-state index contributed by atoms with van der Waals surface area (Å²) < 4.78 is 1.96. The molecule has 1 aliphatic rings. The van der Waals surface area contributed by atoms with Crippen molar-refractivity contribution in [3.63, 3.8) is 0 Å². The standard InChI is InChI=1S/C20H28N4OS/c1-13-9-7-11-17(15(13)3)21-18(25)12-26-20-23-22-19(24(20)4)16-10-6-5-8-14(16)2/h5-6,8,10,13,15,17H,7,9,11-12H2,1-4H3,(H,21,25). The third-order valence-corrected chi connectivity index (χ3v) is 6.63. The first-order chi connectivity index (χ1) is 12.5. The van der Waals surface area contributed by atoms with Crippen LogP contribution in [0.2, 0.25) is 0 Å². The van der Waals surface area contributed by atoms with Gasteiger partial charge in [0.1, 0.15) is 0 Å². The zero-order valence-electron chi connectivity index (χ0n) is 16.0. The lowest BCUT2D eigenvalue weighted by molar-refractivity contribution is -0.120. The smallest absolute Gasteiger partial charge is 0.230 e. The highest BCUT2D eigenvalue weighted by atomic mass is 32.2. The van der Waals surface area contributed by atoms with Gasteiger partial charge in [-0.2, -0.15) is 0 Å². The van der Waals surface area contributed by atoms with Crippen LogP contribution < -0.4 is 5.32 Å². The highest BCUT2D eigenvalue weighted by molar-refractivity contribution is 7.99. The van der Waals surface area contributed by atoms with Crippen molar-refractivity contribution in [1.29, 1.82) is 0 Å². The number of aryl methyl sites for hydroxylation is 1. The van der Waals surface area contributed by atoms with E-state index in [0.29, 0.717) is 23.6 Å². The van der Waals surface area contributed by atoms with E-state index in [4.69, 9.17) is 0 Å². The van der Waals surface area contributed by atoms with Crippen molar-refractivity contribution in [3.05, 3.63) is 29.8 Å². The van der Waals surface area contributed by atoms with Crippen molar-refractivity contribution < 1.29 is 4.79 Å². The summed E-state index contributed by atoms with van der Waals surface area (Å²) in [5, 5.41) is 12.6. The number of nitrogens with zero attached hydrogens (tertiary/aromatic N) is 3. The first-order valence-electron chi connectivity index (χ1n) is 9.35. The summed E-state index contributed by atoms with van der Waals surface area (Å²) in [6.07, 6.45) is 3.55. The molecule has 5 nitrogen and oxygen atoms in total. The lowest BCUT2D eigenvalue weighted by atomic mass is 9.78. The molecule has 3 unspecified atom stereocenters. The fourth-order valence-corrected chi connectivity index (χ4v) is 4.39. The molecule has 0 aliphatic heterocycles. The first-order valence-corrected chi connectivity index (χ1v) is 10.3. The highest BCUT2D eigenvalue weighted by Gasteiger charge is 2.28. The van der Waals surface area contributed by atoms with Gasteiger partial charge < -0.3 is 9.88 Å². The van der Waals surface area contributed by atoms with E-state index >= 15 is 0 Å². The van der Waals surface area contributed by atoms with Crippen LogP contribution >= 0.6 is 11.8 Å². The number of hydrogen-bond acceptors (Lipinski definition) is 4. The maximum absolute atomic E-state index is 12.4. The van der Waals surface area contributed by atoms with Crippen molar-refractivity contribution in [1.82, 2.24) is 20.1 Å². The van der Waals surface area contributed by atoms with E-state index in [-0.39, 0.29) is 5.91 Å². The maximum Gasteiger partial charge on any atom is 0.230 e. The molecule has 140 valence electrons. The molecule has 2 aromatic rings. The number of thioether (sulfide) groups is 1. The topological polar surface area (TPSA) is 59.8 Å². The predicted octanol–water partition coefficient (Wildman–Crippen LogP) is 3.82. The minimum Gasteiger partial charge on any atom is -0.352 e. The van der Waals surface area contributed by atoms with E-state index in [0.717, 1.165) is 28.5 Å². The number of rotatable bonds is 5. The largest absolute Gasteiger partial charge is 0.352 e. The molecule has 0 spiro atoms. The van der Waals surface area contributed by atoms with Gasteiger partial charge in [0, 0.05) is 18.7 Å². The molecule has 0 radical (unpaired) electrons. The van der Waals surface area contributed by atoms with Gasteiger partial charge in [-0.25, -0.2) is 0 Å². The number of carbonyl (C=O) groups excluding carboxylic acids is 1. The van der Waals surface area contributed by atoms with E-state index in [1.54, 1.807) is 0 Å². The summed E-state index contributed by atoms with van der Waals surface area (Å²) in [7, 11) is 1.95. The number of benzene rings is 1. The zero-order valence-corrected chi connectivity index (χ0v) is 16.8. The molecule has 3 rings (SSSR count). The van der Waals surface area contributed by atoms with Crippen LogP contribution in [0.3, 0.4) is 0 Å². The SMILES string of the molecule is Cc1ccccc1-c1nnc(SCC(=O)NC2CCCC(C)C2C)n1C. The molecular formula is C20H28N4OS. The quantitative estimate of drug-likeness (QED) is 0.811. The molecule has 1 saturated carbocycles. The fourth-order valence-electron chi connectivity index (χ4n) is 3.66. The van der Waals surface area contributed by atoms with Gasteiger partial charge in [-0.3, -0.25) is 4.79 Å². The van der Waals surface area contributed by atoms with Crippen LogP contribution in [-0.4, -0.2) is 32.5 Å². The zero-order chi connectivity index (χ0) is 18.7. The summed E-state index contributed by atoms with van der Waals surface area (Å²) in [4.78, 5) is 12.4. The highest BCUT2D eigenvalue weighted by Crippen LogP contribution is 2.30. The van der Waals surface area contributed by atoms with Crippen LogP contribution in [0.4, 0.5) is 0 Å². The molecule has 1 amide bonds. The molecule has 0 bridgehead atoms. The third kappa shape index (κ3) is 4.11. The molecule has 1 fully saturated rings. The Kier molecular flexibility index (Phi) is 6.01. The molecular weight excluding hydrogens is 344 g/mol. The average molecular weight is 373 g/mol. The van der Waals surface area contributed by atoms with E-state index in [9.17, 15) is 4.79 Å². The lowest BCUT2D eigenvalue weighted by Crippen LogP contribution is -2.44. The Labute approximate surface area is 160 Å². The molecule has 6 heteroatoms. The van der Waals surface area contributed by atoms with E-state index in [1.807, 2.05) is 29.8 Å². The number of nitrogens with one attached hydrogen (secondary N) is 1.